The first-order valence-electron chi connectivity index (χ1n) is 11.7. The Bertz CT molecular complexity index is 1210. The average Bonchev–Trinajstić information content (AvgIpc) is 2.77. The Kier molecular flexibility index (Phi) is 8.04. The number of aliphatic carboxylic acids is 1. The van der Waals surface area contributed by atoms with Gasteiger partial charge in [0, 0.05) is 36.3 Å². The summed E-state index contributed by atoms with van der Waals surface area (Å²) < 4.78 is 27.9. The minimum absolute atomic E-state index is 0.248. The maximum Gasteiger partial charge on any atom is 0.309 e. The molecule has 3 aromatic rings. The first-order chi connectivity index (χ1) is 16.8. The minimum Gasteiger partial charge on any atom is -0.481 e. The second kappa shape index (κ2) is 11.2. The van der Waals surface area contributed by atoms with Gasteiger partial charge in [0.2, 0.25) is 0 Å². The van der Waals surface area contributed by atoms with Gasteiger partial charge in [-0.15, -0.1) is 11.8 Å². The summed E-state index contributed by atoms with van der Waals surface area (Å²) in [6.45, 7) is 6.07. The zero-order valence-corrected chi connectivity index (χ0v) is 20.7. The third-order valence-electron chi connectivity index (χ3n) is 6.38. The van der Waals surface area contributed by atoms with E-state index in [0.29, 0.717) is 25.1 Å². The number of halogens is 2. The van der Waals surface area contributed by atoms with Crippen molar-refractivity contribution in [2.24, 2.45) is 5.92 Å². The zero-order valence-electron chi connectivity index (χ0n) is 19.9. The second-order valence-corrected chi connectivity index (χ2v) is 10.3. The summed E-state index contributed by atoms with van der Waals surface area (Å²) >= 11 is 1.70. The fourth-order valence-corrected chi connectivity index (χ4v) is 5.06. The van der Waals surface area contributed by atoms with E-state index in [-0.39, 0.29) is 5.92 Å². The van der Waals surface area contributed by atoms with Crippen LogP contribution in [-0.4, -0.2) is 34.8 Å². The quantitative estimate of drug-likeness (QED) is 0.262. The van der Waals surface area contributed by atoms with Crippen molar-refractivity contribution in [2.45, 2.75) is 31.7 Å². The van der Waals surface area contributed by atoms with Gasteiger partial charge < -0.3 is 5.11 Å². The number of nitrogens with zero attached hydrogens (tertiary/aromatic N) is 1. The summed E-state index contributed by atoms with van der Waals surface area (Å²) in [6, 6.07) is 18.1. The van der Waals surface area contributed by atoms with Crippen molar-refractivity contribution in [3.63, 3.8) is 0 Å². The average molecular weight is 494 g/mol. The molecule has 1 heterocycles. The van der Waals surface area contributed by atoms with Crippen LogP contribution in [0.4, 0.5) is 8.78 Å². The summed E-state index contributed by atoms with van der Waals surface area (Å²) in [5.41, 5.74) is 6.00. The molecule has 1 N–H and O–H groups in total. The normalized spacial score (nSPS) is 14.7. The highest BCUT2D eigenvalue weighted by Crippen LogP contribution is 2.29. The van der Waals surface area contributed by atoms with Gasteiger partial charge in [-0.1, -0.05) is 36.4 Å². The van der Waals surface area contributed by atoms with Gasteiger partial charge in [-0.05, 0) is 77.9 Å². The Labute approximate surface area is 209 Å². The third kappa shape index (κ3) is 6.80. The highest BCUT2D eigenvalue weighted by Gasteiger charge is 2.32. The van der Waals surface area contributed by atoms with E-state index in [1.807, 2.05) is 12.1 Å². The Hall–Kier alpha value is -2.96. The maximum absolute atomic E-state index is 13.9. The van der Waals surface area contributed by atoms with E-state index in [0.717, 1.165) is 40.0 Å². The molecule has 182 valence electrons. The van der Waals surface area contributed by atoms with E-state index in [2.05, 4.69) is 55.1 Å². The van der Waals surface area contributed by atoms with Gasteiger partial charge >= 0.3 is 5.97 Å². The number of allylic oxidation sites excluding steroid dienone is 1. The molecule has 0 radical (unpaired) electrons. The van der Waals surface area contributed by atoms with Crippen molar-refractivity contribution in [3.8, 4) is 0 Å². The summed E-state index contributed by atoms with van der Waals surface area (Å²) in [5.74, 6) is -1.36. The molecule has 1 aliphatic heterocycles. The highest BCUT2D eigenvalue weighted by atomic mass is 32.2. The fraction of sp³-hybridized carbons (Fsp3) is 0.276. The van der Waals surface area contributed by atoms with Gasteiger partial charge in [-0.3, -0.25) is 9.69 Å². The topological polar surface area (TPSA) is 40.5 Å². The number of hydrogen-bond donors (Lipinski definition) is 1. The molecule has 0 spiro atoms. The molecule has 35 heavy (non-hydrogen) atoms. The van der Waals surface area contributed by atoms with Crippen molar-refractivity contribution in [3.05, 3.63) is 100 Å². The van der Waals surface area contributed by atoms with E-state index in [4.69, 9.17) is 5.11 Å². The van der Waals surface area contributed by atoms with E-state index in [1.165, 1.54) is 23.3 Å². The van der Waals surface area contributed by atoms with Crippen LogP contribution in [0.3, 0.4) is 0 Å². The lowest BCUT2D eigenvalue weighted by Crippen LogP contribution is -2.49. The van der Waals surface area contributed by atoms with E-state index < -0.39 is 17.6 Å². The Morgan fingerprint density at radius 3 is 2.31 bits per heavy atom. The number of carbonyl (C=O) groups is 1. The van der Waals surface area contributed by atoms with Gasteiger partial charge in [-0.2, -0.15) is 0 Å². The molecule has 1 saturated heterocycles. The molecule has 3 aromatic carbocycles. The molecule has 0 amide bonds. The SMILES string of the molecule is Cc1ccc(/C=C(\CCSc2ccc(CN3CC(C(=O)O)C3)cc2)c2cc(F)cc(F)c2)cc1C. The monoisotopic (exact) mass is 493 g/mol. The summed E-state index contributed by atoms with van der Waals surface area (Å²) in [6.07, 6.45) is 2.67. The predicted molar refractivity (Wildman–Crippen MR) is 138 cm³/mol. The third-order valence-corrected chi connectivity index (χ3v) is 7.40. The number of likely N-dealkylation sites (tertiary alicyclic amines) is 1. The van der Waals surface area contributed by atoms with Crippen molar-refractivity contribution in [1.29, 1.82) is 0 Å². The lowest BCUT2D eigenvalue weighted by molar-refractivity contribution is -0.147. The largest absolute Gasteiger partial charge is 0.481 e. The van der Waals surface area contributed by atoms with Crippen LogP contribution in [0.2, 0.25) is 0 Å². The maximum atomic E-state index is 13.9. The first-order valence-corrected chi connectivity index (χ1v) is 12.7. The minimum atomic E-state index is -0.722. The summed E-state index contributed by atoms with van der Waals surface area (Å²) in [5, 5.41) is 9.01. The van der Waals surface area contributed by atoms with E-state index in [1.54, 1.807) is 11.8 Å². The van der Waals surface area contributed by atoms with Crippen LogP contribution < -0.4 is 0 Å². The van der Waals surface area contributed by atoms with Crippen LogP contribution in [0.1, 0.15) is 34.2 Å². The first kappa shape index (κ1) is 25.1. The molecule has 6 heteroatoms. The Morgan fingerprint density at radius 1 is 1.00 bits per heavy atom. The van der Waals surface area contributed by atoms with Crippen molar-refractivity contribution < 1.29 is 18.7 Å². The number of rotatable bonds is 9. The lowest BCUT2D eigenvalue weighted by Gasteiger charge is -2.36. The standard InChI is InChI=1S/C29H29F2NO2S/c1-19-3-4-22(11-20(19)2)12-23(24-13-26(30)15-27(31)14-24)9-10-35-28-7-5-21(6-8-28)16-32-17-25(18-32)29(33)34/h3-8,11-15,25H,9-10,16-18H2,1-2H3,(H,33,34)/b23-12+. The highest BCUT2D eigenvalue weighted by molar-refractivity contribution is 7.99. The van der Waals surface area contributed by atoms with Crippen LogP contribution in [-0.2, 0) is 11.3 Å². The molecular weight excluding hydrogens is 464 g/mol. The number of aryl methyl sites for hydroxylation is 2. The van der Waals surface area contributed by atoms with E-state index >= 15 is 0 Å². The molecule has 1 fully saturated rings. The molecule has 0 atom stereocenters. The molecule has 3 nitrogen and oxygen atoms in total. The second-order valence-electron chi connectivity index (χ2n) is 9.14. The van der Waals surface area contributed by atoms with Crippen molar-refractivity contribution in [2.75, 3.05) is 18.8 Å². The van der Waals surface area contributed by atoms with Crippen LogP contribution >= 0.6 is 11.8 Å². The smallest absolute Gasteiger partial charge is 0.309 e. The number of benzene rings is 3. The van der Waals surface area contributed by atoms with Crippen LogP contribution in [0.15, 0.2) is 65.6 Å². The van der Waals surface area contributed by atoms with Crippen molar-refractivity contribution >= 4 is 29.4 Å². The van der Waals surface area contributed by atoms with Crippen LogP contribution in [0.25, 0.3) is 11.6 Å². The molecule has 1 aliphatic rings. The van der Waals surface area contributed by atoms with Gasteiger partial charge in [0.15, 0.2) is 0 Å². The Balaban J connectivity index is 1.41. The molecule has 0 aliphatic carbocycles. The molecule has 0 saturated carbocycles. The van der Waals surface area contributed by atoms with Gasteiger partial charge in [-0.25, -0.2) is 8.78 Å². The zero-order chi connectivity index (χ0) is 24.9. The predicted octanol–water partition coefficient (Wildman–Crippen LogP) is 6.82. The molecule has 4 rings (SSSR count). The molecular formula is C29H29F2NO2S. The van der Waals surface area contributed by atoms with Crippen LogP contribution in [0, 0.1) is 31.4 Å². The van der Waals surface area contributed by atoms with Crippen LogP contribution in [0.5, 0.6) is 0 Å². The van der Waals surface area contributed by atoms with Gasteiger partial charge in [0.05, 0.1) is 5.92 Å². The Morgan fingerprint density at radius 2 is 1.69 bits per heavy atom. The summed E-state index contributed by atoms with van der Waals surface area (Å²) in [7, 11) is 0. The number of thioether (sulfide) groups is 1. The molecule has 0 unspecified atom stereocenters. The van der Waals surface area contributed by atoms with Gasteiger partial charge in [0.25, 0.3) is 0 Å². The van der Waals surface area contributed by atoms with E-state index in [9.17, 15) is 13.6 Å². The number of carboxylic acids is 1. The van der Waals surface area contributed by atoms with Crippen molar-refractivity contribution in [1.82, 2.24) is 4.90 Å². The molecule has 0 bridgehead atoms. The fourth-order valence-electron chi connectivity index (χ4n) is 4.18. The molecule has 0 aromatic heterocycles. The number of hydrogen-bond acceptors (Lipinski definition) is 3. The summed E-state index contributed by atoms with van der Waals surface area (Å²) in [4.78, 5) is 14.2. The number of carboxylic acid groups (broad SMARTS) is 1. The van der Waals surface area contributed by atoms with Gasteiger partial charge in [0.1, 0.15) is 11.6 Å². The lowest BCUT2D eigenvalue weighted by atomic mass is 9.98.